The minimum atomic E-state index is -0.823. The van der Waals surface area contributed by atoms with Crippen LogP contribution in [0.15, 0.2) is 24.4 Å². The van der Waals surface area contributed by atoms with E-state index in [-0.39, 0.29) is 11.9 Å². The number of hydrogen-bond donors (Lipinski definition) is 2. The maximum absolute atomic E-state index is 14.5. The Bertz CT molecular complexity index is 650. The van der Waals surface area contributed by atoms with E-state index < -0.39 is 11.9 Å². The molecule has 0 aliphatic carbocycles. The molecule has 0 amide bonds. The van der Waals surface area contributed by atoms with Crippen molar-refractivity contribution in [3.8, 4) is 0 Å². The summed E-state index contributed by atoms with van der Waals surface area (Å²) in [6, 6.07) is 5.16. The van der Waals surface area contributed by atoms with Gasteiger partial charge in [0.15, 0.2) is 0 Å². The summed E-state index contributed by atoms with van der Waals surface area (Å²) < 4.78 is 16.3. The zero-order chi connectivity index (χ0) is 13.6. The minimum Gasteiger partial charge on any atom is -0.481 e. The monoisotopic (exact) mass is 262 g/mol. The number of nitrogens with one attached hydrogen (secondary N) is 1. The number of aryl methyl sites for hydroxylation is 1. The molecular weight excluding hydrogens is 247 g/mol. The van der Waals surface area contributed by atoms with Crippen LogP contribution in [-0.2, 0) is 11.8 Å². The van der Waals surface area contributed by atoms with Gasteiger partial charge in [-0.25, -0.2) is 4.39 Å². The molecule has 1 saturated heterocycles. The lowest BCUT2D eigenvalue weighted by Gasteiger charge is -2.12. The largest absolute Gasteiger partial charge is 0.481 e. The number of hydrogen-bond acceptors (Lipinski definition) is 2. The van der Waals surface area contributed by atoms with Crippen molar-refractivity contribution < 1.29 is 14.3 Å². The molecule has 1 fully saturated rings. The predicted molar refractivity (Wildman–Crippen MR) is 69.4 cm³/mol. The highest BCUT2D eigenvalue weighted by Crippen LogP contribution is 2.32. The van der Waals surface area contributed by atoms with Crippen molar-refractivity contribution in [3.63, 3.8) is 0 Å². The van der Waals surface area contributed by atoms with Gasteiger partial charge in [0.2, 0.25) is 0 Å². The molecule has 2 aromatic rings. The number of carbonyl (C=O) groups is 1. The Labute approximate surface area is 109 Å². The van der Waals surface area contributed by atoms with E-state index in [4.69, 9.17) is 5.11 Å². The summed E-state index contributed by atoms with van der Waals surface area (Å²) in [5, 5.41) is 12.7. The number of nitrogens with zero attached hydrogens (tertiary/aromatic N) is 1. The van der Waals surface area contributed by atoms with Crippen molar-refractivity contribution in [1.29, 1.82) is 0 Å². The molecule has 1 aliphatic rings. The number of halogens is 1. The van der Waals surface area contributed by atoms with Gasteiger partial charge in [0.1, 0.15) is 5.82 Å². The maximum Gasteiger partial charge on any atom is 0.307 e. The molecule has 1 aliphatic heterocycles. The summed E-state index contributed by atoms with van der Waals surface area (Å²) in [5.74, 6) is -1.51. The number of rotatable bonds is 2. The van der Waals surface area contributed by atoms with Gasteiger partial charge in [0.25, 0.3) is 0 Å². The summed E-state index contributed by atoms with van der Waals surface area (Å²) in [4.78, 5) is 10.9. The zero-order valence-electron chi connectivity index (χ0n) is 10.6. The first-order valence-corrected chi connectivity index (χ1v) is 6.27. The number of benzene rings is 1. The van der Waals surface area contributed by atoms with Gasteiger partial charge in [-0.2, -0.15) is 0 Å². The van der Waals surface area contributed by atoms with Gasteiger partial charge >= 0.3 is 5.97 Å². The normalized spacial score (nSPS) is 23.1. The number of aliphatic carboxylic acids is 1. The SMILES string of the molecule is Cn1ccc2c(F)c(C3CC(C(=O)O)CN3)ccc21. The Kier molecular flexibility index (Phi) is 2.78. The van der Waals surface area contributed by atoms with Gasteiger partial charge in [0, 0.05) is 36.8 Å². The van der Waals surface area contributed by atoms with Crippen molar-refractivity contribution in [2.24, 2.45) is 13.0 Å². The van der Waals surface area contributed by atoms with Crippen LogP contribution in [0, 0.1) is 11.7 Å². The van der Waals surface area contributed by atoms with Crippen LogP contribution in [0.4, 0.5) is 4.39 Å². The molecule has 2 unspecified atom stereocenters. The molecule has 5 heteroatoms. The average Bonchev–Trinajstić information content (AvgIpc) is 2.98. The third kappa shape index (κ3) is 1.90. The number of aromatic nitrogens is 1. The molecule has 2 atom stereocenters. The zero-order valence-corrected chi connectivity index (χ0v) is 10.6. The van der Waals surface area contributed by atoms with Crippen LogP contribution >= 0.6 is 0 Å². The van der Waals surface area contributed by atoms with Crippen LogP contribution in [0.3, 0.4) is 0 Å². The number of carboxylic acids is 1. The van der Waals surface area contributed by atoms with Crippen molar-refractivity contribution >= 4 is 16.9 Å². The smallest absolute Gasteiger partial charge is 0.307 e. The summed E-state index contributed by atoms with van der Waals surface area (Å²) in [5.41, 5.74) is 1.40. The minimum absolute atomic E-state index is 0.217. The molecular formula is C14H15FN2O2. The second-order valence-electron chi connectivity index (χ2n) is 5.06. The second kappa shape index (κ2) is 4.35. The van der Waals surface area contributed by atoms with Gasteiger partial charge in [0.05, 0.1) is 11.4 Å². The fourth-order valence-corrected chi connectivity index (χ4v) is 2.76. The molecule has 2 N–H and O–H groups in total. The number of fused-ring (bicyclic) bond motifs is 1. The quantitative estimate of drug-likeness (QED) is 0.871. The van der Waals surface area contributed by atoms with Gasteiger partial charge in [-0.05, 0) is 18.6 Å². The second-order valence-corrected chi connectivity index (χ2v) is 5.06. The molecule has 3 rings (SSSR count). The van der Waals surface area contributed by atoms with Gasteiger partial charge in [-0.3, -0.25) is 4.79 Å². The van der Waals surface area contributed by atoms with E-state index in [2.05, 4.69) is 5.32 Å². The molecule has 1 aromatic carbocycles. The van der Waals surface area contributed by atoms with E-state index in [0.717, 1.165) is 5.52 Å². The first-order valence-electron chi connectivity index (χ1n) is 6.27. The predicted octanol–water partition coefficient (Wildman–Crippen LogP) is 2.05. The molecule has 4 nitrogen and oxygen atoms in total. The van der Waals surface area contributed by atoms with E-state index in [1.54, 1.807) is 12.1 Å². The average molecular weight is 262 g/mol. The summed E-state index contributed by atoms with van der Waals surface area (Å²) >= 11 is 0. The lowest BCUT2D eigenvalue weighted by atomic mass is 9.98. The Hall–Kier alpha value is -1.88. The summed E-state index contributed by atoms with van der Waals surface area (Å²) in [6.45, 7) is 0.395. The third-order valence-corrected chi connectivity index (χ3v) is 3.89. The lowest BCUT2D eigenvalue weighted by Crippen LogP contribution is -2.17. The van der Waals surface area contributed by atoms with Gasteiger partial charge < -0.3 is 15.0 Å². The Morgan fingerprint density at radius 1 is 1.47 bits per heavy atom. The fraction of sp³-hybridized carbons (Fsp3) is 0.357. The van der Waals surface area contributed by atoms with E-state index in [0.29, 0.717) is 23.9 Å². The molecule has 0 spiro atoms. The number of carboxylic acid groups (broad SMARTS) is 1. The highest BCUT2D eigenvalue weighted by molar-refractivity contribution is 5.82. The van der Waals surface area contributed by atoms with Gasteiger partial charge in [-0.15, -0.1) is 0 Å². The van der Waals surface area contributed by atoms with Crippen molar-refractivity contribution in [1.82, 2.24) is 9.88 Å². The molecule has 100 valence electrons. The van der Waals surface area contributed by atoms with Gasteiger partial charge in [-0.1, -0.05) is 6.07 Å². The first kappa shape index (κ1) is 12.2. The highest BCUT2D eigenvalue weighted by atomic mass is 19.1. The van der Waals surface area contributed by atoms with Crippen LogP contribution in [0.1, 0.15) is 18.0 Å². The summed E-state index contributed by atoms with van der Waals surface area (Å²) in [6.07, 6.45) is 2.25. The lowest BCUT2D eigenvalue weighted by molar-refractivity contribution is -0.141. The van der Waals surface area contributed by atoms with Crippen molar-refractivity contribution in [2.45, 2.75) is 12.5 Å². The molecule has 2 heterocycles. The molecule has 0 radical (unpaired) electrons. The maximum atomic E-state index is 14.5. The van der Waals surface area contributed by atoms with Crippen LogP contribution in [-0.4, -0.2) is 22.2 Å². The molecule has 0 saturated carbocycles. The Morgan fingerprint density at radius 2 is 2.26 bits per heavy atom. The molecule has 1 aromatic heterocycles. The van der Waals surface area contributed by atoms with Crippen molar-refractivity contribution in [2.75, 3.05) is 6.54 Å². The van der Waals surface area contributed by atoms with Crippen LogP contribution in [0.25, 0.3) is 10.9 Å². The summed E-state index contributed by atoms with van der Waals surface area (Å²) in [7, 11) is 1.87. The van der Waals surface area contributed by atoms with E-state index in [1.807, 2.05) is 23.9 Å². The Morgan fingerprint density at radius 3 is 2.95 bits per heavy atom. The van der Waals surface area contributed by atoms with Crippen molar-refractivity contribution in [3.05, 3.63) is 35.8 Å². The van der Waals surface area contributed by atoms with Crippen LogP contribution in [0.2, 0.25) is 0 Å². The molecule has 0 bridgehead atoms. The first-order chi connectivity index (χ1) is 9.08. The Balaban J connectivity index is 1.98. The van der Waals surface area contributed by atoms with E-state index in [1.165, 1.54) is 0 Å². The standard InChI is InChI=1S/C14H15FN2O2/c1-17-5-4-10-12(17)3-2-9(13(10)15)11-6-8(7-16-11)14(18)19/h2-5,8,11,16H,6-7H2,1H3,(H,18,19). The fourth-order valence-electron chi connectivity index (χ4n) is 2.76. The van der Waals surface area contributed by atoms with Crippen LogP contribution < -0.4 is 5.32 Å². The highest BCUT2D eigenvalue weighted by Gasteiger charge is 2.31. The van der Waals surface area contributed by atoms with Crippen LogP contribution in [0.5, 0.6) is 0 Å². The van der Waals surface area contributed by atoms with E-state index >= 15 is 0 Å². The molecule has 19 heavy (non-hydrogen) atoms. The third-order valence-electron chi connectivity index (χ3n) is 3.89. The topological polar surface area (TPSA) is 54.3 Å². The van der Waals surface area contributed by atoms with E-state index in [9.17, 15) is 9.18 Å².